The highest BCUT2D eigenvalue weighted by molar-refractivity contribution is 5.77. The van der Waals surface area contributed by atoms with Crippen molar-refractivity contribution in [3.05, 3.63) is 0 Å². The van der Waals surface area contributed by atoms with E-state index in [1.165, 1.54) is 45.6 Å². The Kier molecular flexibility index (Phi) is 6.76. The molecule has 0 N–H and O–H groups in total. The number of carbonyl (C=O) groups is 2. The average molecular weight is 255 g/mol. The summed E-state index contributed by atoms with van der Waals surface area (Å²) in [6.07, 6.45) is 8.40. The highest BCUT2D eigenvalue weighted by Crippen LogP contribution is 2.25. The molecule has 0 atom stereocenters. The van der Waals surface area contributed by atoms with Gasteiger partial charge in [-0.05, 0) is 18.8 Å². The summed E-state index contributed by atoms with van der Waals surface area (Å²) in [5.74, 6) is 0.440. The van der Waals surface area contributed by atoms with E-state index < -0.39 is 0 Å². The smallest absolute Gasteiger partial charge is 0.307 e. The molecule has 0 radical (unpaired) electrons. The van der Waals surface area contributed by atoms with Gasteiger partial charge in [0.2, 0.25) is 5.91 Å². The third-order valence-electron chi connectivity index (χ3n) is 3.74. The maximum Gasteiger partial charge on any atom is 0.307 e. The van der Waals surface area contributed by atoms with Crippen molar-refractivity contribution in [3.8, 4) is 0 Å². The van der Waals surface area contributed by atoms with Crippen molar-refractivity contribution in [3.63, 3.8) is 0 Å². The Morgan fingerprint density at radius 3 is 2.33 bits per heavy atom. The number of rotatable bonds is 5. The molecule has 0 aromatic rings. The van der Waals surface area contributed by atoms with Crippen LogP contribution in [0.1, 0.15) is 51.4 Å². The van der Waals surface area contributed by atoms with Gasteiger partial charge in [0.25, 0.3) is 0 Å². The van der Waals surface area contributed by atoms with Gasteiger partial charge in [-0.3, -0.25) is 9.59 Å². The number of hydrogen-bond donors (Lipinski definition) is 0. The van der Waals surface area contributed by atoms with Crippen LogP contribution in [0.2, 0.25) is 0 Å². The third kappa shape index (κ3) is 5.52. The standard InChI is InChI=1S/C14H25NO3/c1-15(10-9-14(17)18-2)13(16)11-12-7-5-3-4-6-8-12/h12H,3-11H2,1-2H3. The first-order valence-corrected chi connectivity index (χ1v) is 6.94. The van der Waals surface area contributed by atoms with Crippen LogP contribution in [0, 0.1) is 5.92 Å². The molecule has 1 fully saturated rings. The molecule has 4 heteroatoms. The third-order valence-corrected chi connectivity index (χ3v) is 3.74. The lowest BCUT2D eigenvalue weighted by Gasteiger charge is -2.20. The van der Waals surface area contributed by atoms with Gasteiger partial charge in [-0.15, -0.1) is 0 Å². The van der Waals surface area contributed by atoms with Crippen LogP contribution < -0.4 is 0 Å². The summed E-state index contributed by atoms with van der Waals surface area (Å²) < 4.78 is 4.57. The molecule has 0 aromatic heterocycles. The quantitative estimate of drug-likeness (QED) is 0.559. The Labute approximate surface area is 110 Å². The molecule has 4 nitrogen and oxygen atoms in total. The molecule has 1 rings (SSSR count). The summed E-state index contributed by atoms with van der Waals surface area (Å²) in [5.41, 5.74) is 0. The van der Waals surface area contributed by atoms with Crippen LogP contribution in [-0.4, -0.2) is 37.5 Å². The molecule has 0 unspecified atom stereocenters. The fourth-order valence-corrected chi connectivity index (χ4v) is 2.46. The second-order valence-electron chi connectivity index (χ2n) is 5.20. The average Bonchev–Trinajstić information content (AvgIpc) is 2.63. The van der Waals surface area contributed by atoms with E-state index in [0.29, 0.717) is 18.9 Å². The van der Waals surface area contributed by atoms with E-state index in [1.807, 2.05) is 0 Å². The maximum absolute atomic E-state index is 12.0. The second kappa shape index (κ2) is 8.11. The highest BCUT2D eigenvalue weighted by Gasteiger charge is 2.18. The monoisotopic (exact) mass is 255 g/mol. The Hall–Kier alpha value is -1.06. The van der Waals surface area contributed by atoms with Crippen molar-refractivity contribution in [1.82, 2.24) is 4.90 Å². The zero-order valence-corrected chi connectivity index (χ0v) is 11.6. The molecule has 0 heterocycles. The van der Waals surface area contributed by atoms with E-state index in [4.69, 9.17) is 0 Å². The summed E-state index contributed by atoms with van der Waals surface area (Å²) in [5, 5.41) is 0. The van der Waals surface area contributed by atoms with Crippen LogP contribution in [0.3, 0.4) is 0 Å². The van der Waals surface area contributed by atoms with E-state index in [-0.39, 0.29) is 18.3 Å². The van der Waals surface area contributed by atoms with Gasteiger partial charge in [-0.1, -0.05) is 25.7 Å². The fourth-order valence-electron chi connectivity index (χ4n) is 2.46. The van der Waals surface area contributed by atoms with Crippen LogP contribution in [0.15, 0.2) is 0 Å². The van der Waals surface area contributed by atoms with Gasteiger partial charge in [0.05, 0.1) is 13.5 Å². The van der Waals surface area contributed by atoms with Crippen molar-refractivity contribution in [2.24, 2.45) is 5.92 Å². The highest BCUT2D eigenvalue weighted by atomic mass is 16.5. The van der Waals surface area contributed by atoms with Crippen molar-refractivity contribution in [1.29, 1.82) is 0 Å². The van der Waals surface area contributed by atoms with Gasteiger partial charge in [-0.2, -0.15) is 0 Å². The zero-order chi connectivity index (χ0) is 13.4. The molecule has 0 bridgehead atoms. The molecule has 104 valence electrons. The Morgan fingerprint density at radius 1 is 1.17 bits per heavy atom. The first-order chi connectivity index (χ1) is 8.63. The topological polar surface area (TPSA) is 46.6 Å². The number of hydrogen-bond acceptors (Lipinski definition) is 3. The number of carbonyl (C=O) groups excluding carboxylic acids is 2. The van der Waals surface area contributed by atoms with E-state index >= 15 is 0 Å². The molecular formula is C14H25NO3. The molecule has 0 aliphatic heterocycles. The van der Waals surface area contributed by atoms with E-state index in [1.54, 1.807) is 11.9 Å². The van der Waals surface area contributed by atoms with Crippen molar-refractivity contribution >= 4 is 11.9 Å². The van der Waals surface area contributed by atoms with E-state index in [0.717, 1.165) is 0 Å². The number of ether oxygens (including phenoxy) is 1. The van der Waals surface area contributed by atoms with Crippen LogP contribution in [-0.2, 0) is 14.3 Å². The van der Waals surface area contributed by atoms with E-state index in [9.17, 15) is 9.59 Å². The second-order valence-corrected chi connectivity index (χ2v) is 5.20. The molecular weight excluding hydrogens is 230 g/mol. The summed E-state index contributed by atoms with van der Waals surface area (Å²) in [6, 6.07) is 0. The normalized spacial score (nSPS) is 17.0. The number of methoxy groups -OCH3 is 1. The van der Waals surface area contributed by atoms with Gasteiger partial charge in [0.1, 0.15) is 0 Å². The Balaban J connectivity index is 2.27. The van der Waals surface area contributed by atoms with Gasteiger partial charge >= 0.3 is 5.97 Å². The van der Waals surface area contributed by atoms with Crippen molar-refractivity contribution in [2.45, 2.75) is 51.4 Å². The van der Waals surface area contributed by atoms with Crippen LogP contribution in [0.4, 0.5) is 0 Å². The van der Waals surface area contributed by atoms with Crippen LogP contribution >= 0.6 is 0 Å². The molecule has 1 aliphatic rings. The van der Waals surface area contributed by atoms with Crippen molar-refractivity contribution < 1.29 is 14.3 Å². The predicted molar refractivity (Wildman–Crippen MR) is 70.1 cm³/mol. The number of amides is 1. The molecule has 18 heavy (non-hydrogen) atoms. The van der Waals surface area contributed by atoms with E-state index in [2.05, 4.69) is 4.74 Å². The lowest BCUT2D eigenvalue weighted by Crippen LogP contribution is -2.30. The maximum atomic E-state index is 12.0. The Morgan fingerprint density at radius 2 is 1.78 bits per heavy atom. The first kappa shape index (κ1) is 15.0. The molecule has 1 amide bonds. The van der Waals surface area contributed by atoms with Gasteiger partial charge in [0, 0.05) is 20.0 Å². The molecule has 0 saturated heterocycles. The molecule has 1 aliphatic carbocycles. The minimum atomic E-state index is -0.260. The number of esters is 1. The largest absolute Gasteiger partial charge is 0.469 e. The van der Waals surface area contributed by atoms with Gasteiger partial charge < -0.3 is 9.64 Å². The van der Waals surface area contributed by atoms with Crippen molar-refractivity contribution in [2.75, 3.05) is 20.7 Å². The lowest BCUT2D eigenvalue weighted by molar-refractivity contribution is -0.141. The van der Waals surface area contributed by atoms with Crippen LogP contribution in [0.5, 0.6) is 0 Å². The summed E-state index contributed by atoms with van der Waals surface area (Å²) in [7, 11) is 3.14. The fraction of sp³-hybridized carbons (Fsp3) is 0.857. The first-order valence-electron chi connectivity index (χ1n) is 6.94. The molecule has 0 aromatic carbocycles. The summed E-state index contributed by atoms with van der Waals surface area (Å²) in [4.78, 5) is 24.7. The molecule has 0 spiro atoms. The molecule has 1 saturated carbocycles. The SMILES string of the molecule is COC(=O)CCN(C)C(=O)CC1CCCCCC1. The predicted octanol–water partition coefficient (Wildman–Crippen LogP) is 2.37. The van der Waals surface area contributed by atoms with Gasteiger partial charge in [0.15, 0.2) is 0 Å². The minimum Gasteiger partial charge on any atom is -0.469 e. The van der Waals surface area contributed by atoms with Gasteiger partial charge in [-0.25, -0.2) is 0 Å². The minimum absolute atomic E-state index is 0.158. The summed E-state index contributed by atoms with van der Waals surface area (Å²) >= 11 is 0. The zero-order valence-electron chi connectivity index (χ0n) is 11.6. The lowest BCUT2D eigenvalue weighted by atomic mass is 9.96. The van der Waals surface area contributed by atoms with Crippen LogP contribution in [0.25, 0.3) is 0 Å². The number of nitrogens with zero attached hydrogens (tertiary/aromatic N) is 1. The Bertz CT molecular complexity index is 270. The summed E-state index contributed by atoms with van der Waals surface area (Å²) in [6.45, 7) is 0.457.